The van der Waals surface area contributed by atoms with Crippen LogP contribution in [0.5, 0.6) is 0 Å². The molecule has 0 aliphatic carbocycles. The molecule has 0 unspecified atom stereocenters. The molecule has 1 amide bonds. The minimum atomic E-state index is -3.99. The molecule has 0 bridgehead atoms. The van der Waals surface area contributed by atoms with Crippen LogP contribution in [-0.2, 0) is 14.8 Å². The molecule has 34 heavy (non-hydrogen) atoms. The number of hydrogen-bond acceptors (Lipinski definition) is 4. The average Bonchev–Trinajstić information content (AvgIpc) is 2.83. The number of anilines is 1. The third-order valence-corrected chi connectivity index (χ3v) is 7.74. The first kappa shape index (κ1) is 24.0. The molecule has 1 aliphatic rings. The maximum absolute atomic E-state index is 13.6. The average molecular weight is 486 g/mol. The minimum absolute atomic E-state index is 0.114. The van der Waals surface area contributed by atoms with Crippen molar-refractivity contribution in [3.05, 3.63) is 95.6 Å². The summed E-state index contributed by atoms with van der Waals surface area (Å²) >= 11 is 0. The van der Waals surface area contributed by atoms with Gasteiger partial charge in [0.05, 0.1) is 4.90 Å². The second kappa shape index (κ2) is 10.0. The fraction of sp³-hybridized carbons (Fsp3) is 0.240. The van der Waals surface area contributed by atoms with Crippen molar-refractivity contribution in [1.29, 1.82) is 0 Å². The molecule has 1 aliphatic heterocycles. The number of sulfonamides is 1. The standard InChI is InChI=1S/C25H25F2N3O3S/c1-18-7-9-20(10-8-18)28-25(31)24(19-5-3-2-4-6-19)29-13-15-30(16-14-29)34(32,33)21-11-12-22(26)23(27)17-21/h2-12,17,24H,13-16H2,1H3,(H,28,31)/t24-/m0/s1. The van der Waals surface area contributed by atoms with E-state index in [0.29, 0.717) is 24.8 Å². The lowest BCUT2D eigenvalue weighted by Crippen LogP contribution is -2.51. The highest BCUT2D eigenvalue weighted by Gasteiger charge is 2.34. The summed E-state index contributed by atoms with van der Waals surface area (Å²) in [5, 5.41) is 2.95. The largest absolute Gasteiger partial charge is 0.324 e. The Morgan fingerprint density at radius 3 is 2.15 bits per heavy atom. The van der Waals surface area contributed by atoms with Crippen LogP contribution in [0.3, 0.4) is 0 Å². The van der Waals surface area contributed by atoms with Crippen LogP contribution in [0.1, 0.15) is 17.2 Å². The fourth-order valence-electron chi connectivity index (χ4n) is 4.00. The van der Waals surface area contributed by atoms with Crippen LogP contribution < -0.4 is 5.32 Å². The normalized spacial score (nSPS) is 16.2. The molecule has 178 valence electrons. The lowest BCUT2D eigenvalue weighted by molar-refractivity contribution is -0.122. The van der Waals surface area contributed by atoms with Gasteiger partial charge >= 0.3 is 0 Å². The topological polar surface area (TPSA) is 69.7 Å². The highest BCUT2D eigenvalue weighted by atomic mass is 32.2. The van der Waals surface area contributed by atoms with Gasteiger partial charge in [-0.25, -0.2) is 17.2 Å². The van der Waals surface area contributed by atoms with E-state index in [2.05, 4.69) is 5.32 Å². The number of nitrogens with zero attached hydrogens (tertiary/aromatic N) is 2. The maximum Gasteiger partial charge on any atom is 0.246 e. The van der Waals surface area contributed by atoms with Gasteiger partial charge in [-0.1, -0.05) is 48.0 Å². The lowest BCUT2D eigenvalue weighted by Gasteiger charge is -2.38. The summed E-state index contributed by atoms with van der Waals surface area (Å²) in [6.07, 6.45) is 0. The first-order valence-corrected chi connectivity index (χ1v) is 12.3. The van der Waals surface area contributed by atoms with E-state index in [1.165, 1.54) is 4.31 Å². The van der Waals surface area contributed by atoms with E-state index in [-0.39, 0.29) is 23.9 Å². The van der Waals surface area contributed by atoms with Crippen LogP contribution in [0, 0.1) is 18.6 Å². The lowest BCUT2D eigenvalue weighted by atomic mass is 10.0. The van der Waals surface area contributed by atoms with Crippen molar-refractivity contribution in [2.45, 2.75) is 17.9 Å². The highest BCUT2D eigenvalue weighted by molar-refractivity contribution is 7.89. The second-order valence-electron chi connectivity index (χ2n) is 8.18. The van der Waals surface area contributed by atoms with Crippen molar-refractivity contribution < 1.29 is 22.0 Å². The molecule has 1 saturated heterocycles. The van der Waals surface area contributed by atoms with Gasteiger partial charge in [0.1, 0.15) is 6.04 Å². The van der Waals surface area contributed by atoms with Crippen LogP contribution in [0.15, 0.2) is 77.7 Å². The molecular weight excluding hydrogens is 460 g/mol. The summed E-state index contributed by atoms with van der Waals surface area (Å²) in [5.41, 5.74) is 2.55. The smallest absolute Gasteiger partial charge is 0.246 e. The maximum atomic E-state index is 13.6. The Balaban J connectivity index is 1.52. The predicted octanol–water partition coefficient (Wildman–Crippen LogP) is 3.96. The number of carbonyl (C=O) groups excluding carboxylic acids is 1. The van der Waals surface area contributed by atoms with E-state index < -0.39 is 27.7 Å². The zero-order chi connectivity index (χ0) is 24.3. The van der Waals surface area contributed by atoms with Gasteiger partial charge < -0.3 is 5.32 Å². The Bertz CT molecular complexity index is 1260. The SMILES string of the molecule is Cc1ccc(NC(=O)[C@H](c2ccccc2)N2CCN(S(=O)(=O)c3ccc(F)c(F)c3)CC2)cc1. The van der Waals surface area contributed by atoms with E-state index in [1.807, 2.05) is 66.4 Å². The third-order valence-electron chi connectivity index (χ3n) is 5.85. The molecule has 3 aromatic rings. The summed E-state index contributed by atoms with van der Waals surface area (Å²) in [4.78, 5) is 14.9. The van der Waals surface area contributed by atoms with Crippen LogP contribution in [-0.4, -0.2) is 49.7 Å². The summed E-state index contributed by atoms with van der Waals surface area (Å²) in [5.74, 6) is -2.53. The molecule has 0 saturated carbocycles. The highest BCUT2D eigenvalue weighted by Crippen LogP contribution is 2.27. The zero-order valence-electron chi connectivity index (χ0n) is 18.6. The van der Waals surface area contributed by atoms with Crippen molar-refractivity contribution in [3.8, 4) is 0 Å². The number of amides is 1. The number of hydrogen-bond donors (Lipinski definition) is 1. The van der Waals surface area contributed by atoms with Crippen molar-refractivity contribution in [2.24, 2.45) is 0 Å². The van der Waals surface area contributed by atoms with Crippen LogP contribution in [0.25, 0.3) is 0 Å². The number of halogens is 2. The number of carbonyl (C=O) groups is 1. The first-order chi connectivity index (χ1) is 16.3. The molecule has 3 aromatic carbocycles. The molecule has 6 nitrogen and oxygen atoms in total. The molecule has 0 spiro atoms. The third kappa shape index (κ3) is 5.16. The molecule has 0 aromatic heterocycles. The van der Waals surface area contributed by atoms with Crippen LogP contribution >= 0.6 is 0 Å². The molecule has 1 N–H and O–H groups in total. The number of benzene rings is 3. The summed E-state index contributed by atoms with van der Waals surface area (Å²) in [7, 11) is -3.99. The van der Waals surface area contributed by atoms with E-state index in [1.54, 1.807) is 0 Å². The number of piperazine rings is 1. The predicted molar refractivity (Wildman–Crippen MR) is 126 cm³/mol. The van der Waals surface area contributed by atoms with Gasteiger partial charge in [0.25, 0.3) is 0 Å². The number of nitrogens with one attached hydrogen (secondary N) is 1. The first-order valence-electron chi connectivity index (χ1n) is 10.9. The van der Waals surface area contributed by atoms with Gasteiger partial charge in [0.15, 0.2) is 11.6 Å². The molecule has 1 fully saturated rings. The Morgan fingerprint density at radius 2 is 1.53 bits per heavy atom. The molecule has 9 heteroatoms. The monoisotopic (exact) mass is 485 g/mol. The molecular formula is C25H25F2N3O3S. The second-order valence-corrected chi connectivity index (χ2v) is 10.1. The van der Waals surface area contributed by atoms with Gasteiger partial charge in [-0.15, -0.1) is 0 Å². The van der Waals surface area contributed by atoms with Crippen LogP contribution in [0.2, 0.25) is 0 Å². The van der Waals surface area contributed by atoms with Gasteiger partial charge in [-0.2, -0.15) is 4.31 Å². The number of rotatable bonds is 6. The Labute approximate surface area is 197 Å². The van der Waals surface area contributed by atoms with Gasteiger partial charge in [0, 0.05) is 31.9 Å². The Hall–Kier alpha value is -3.14. The van der Waals surface area contributed by atoms with Crippen molar-refractivity contribution in [1.82, 2.24) is 9.21 Å². The molecule has 1 atom stereocenters. The van der Waals surface area contributed by atoms with E-state index >= 15 is 0 Å². The Kier molecular flexibility index (Phi) is 7.06. The van der Waals surface area contributed by atoms with Gasteiger partial charge in [0.2, 0.25) is 15.9 Å². The van der Waals surface area contributed by atoms with E-state index in [4.69, 9.17) is 0 Å². The fourth-order valence-corrected chi connectivity index (χ4v) is 5.43. The van der Waals surface area contributed by atoms with Gasteiger partial charge in [-0.05, 0) is 42.8 Å². The van der Waals surface area contributed by atoms with Gasteiger partial charge in [-0.3, -0.25) is 9.69 Å². The van der Waals surface area contributed by atoms with Crippen molar-refractivity contribution >= 4 is 21.6 Å². The zero-order valence-corrected chi connectivity index (χ0v) is 19.4. The van der Waals surface area contributed by atoms with E-state index in [9.17, 15) is 22.0 Å². The molecule has 1 heterocycles. The van der Waals surface area contributed by atoms with Crippen LogP contribution in [0.4, 0.5) is 14.5 Å². The summed E-state index contributed by atoms with van der Waals surface area (Å²) in [6, 6.07) is 18.7. The van der Waals surface area contributed by atoms with E-state index in [0.717, 1.165) is 23.3 Å². The Morgan fingerprint density at radius 1 is 0.882 bits per heavy atom. The van der Waals surface area contributed by atoms with Crippen molar-refractivity contribution in [3.63, 3.8) is 0 Å². The number of aryl methyl sites for hydroxylation is 1. The summed E-state index contributed by atoms with van der Waals surface area (Å²) < 4.78 is 54.0. The summed E-state index contributed by atoms with van der Waals surface area (Å²) in [6.45, 7) is 2.78. The molecule has 4 rings (SSSR count). The minimum Gasteiger partial charge on any atom is -0.324 e. The van der Waals surface area contributed by atoms with Crippen molar-refractivity contribution in [2.75, 3.05) is 31.5 Å². The molecule has 0 radical (unpaired) electrons. The quantitative estimate of drug-likeness (QED) is 0.574.